The van der Waals surface area contributed by atoms with Crippen LogP contribution in [0.3, 0.4) is 0 Å². The van der Waals surface area contributed by atoms with E-state index in [2.05, 4.69) is 33.6 Å². The zero-order valence-corrected chi connectivity index (χ0v) is 11.7. The molecule has 0 aliphatic heterocycles. The summed E-state index contributed by atoms with van der Waals surface area (Å²) in [6.45, 7) is 7.05. The highest BCUT2D eigenvalue weighted by atomic mass is 32.2. The molecule has 0 bridgehead atoms. The third kappa shape index (κ3) is 2.66. The Kier molecular flexibility index (Phi) is 3.90. The van der Waals surface area contributed by atoms with E-state index in [0.29, 0.717) is 5.95 Å². The molecule has 0 aliphatic rings. The Morgan fingerprint density at radius 2 is 2.17 bits per heavy atom. The first-order valence-corrected chi connectivity index (χ1v) is 6.89. The number of rotatable bonds is 5. The van der Waals surface area contributed by atoms with Crippen molar-refractivity contribution in [3.8, 4) is 0 Å². The number of anilines is 1. The quantitative estimate of drug-likeness (QED) is 0.834. The summed E-state index contributed by atoms with van der Waals surface area (Å²) in [5, 5.41) is 8.90. The zero-order valence-electron chi connectivity index (χ0n) is 10.9. The zero-order chi connectivity index (χ0) is 13.1. The van der Waals surface area contributed by atoms with Crippen LogP contribution in [0.5, 0.6) is 0 Å². The van der Waals surface area contributed by atoms with Crippen molar-refractivity contribution in [2.45, 2.75) is 38.5 Å². The Balaban J connectivity index is 1.97. The molecule has 6 nitrogen and oxygen atoms in total. The van der Waals surface area contributed by atoms with E-state index in [1.165, 1.54) is 0 Å². The van der Waals surface area contributed by atoms with Crippen molar-refractivity contribution >= 4 is 17.7 Å². The summed E-state index contributed by atoms with van der Waals surface area (Å²) < 4.78 is 4.07. The van der Waals surface area contributed by atoms with Crippen molar-refractivity contribution in [1.29, 1.82) is 0 Å². The van der Waals surface area contributed by atoms with E-state index in [9.17, 15) is 0 Å². The maximum Gasteiger partial charge on any atom is 0.222 e. The fourth-order valence-corrected chi connectivity index (χ4v) is 2.76. The van der Waals surface area contributed by atoms with Gasteiger partial charge in [-0.1, -0.05) is 11.8 Å². The molecule has 0 atom stereocenters. The van der Waals surface area contributed by atoms with Gasteiger partial charge >= 0.3 is 0 Å². The average Bonchev–Trinajstić information content (AvgIpc) is 2.86. The van der Waals surface area contributed by atoms with Crippen molar-refractivity contribution in [2.75, 3.05) is 11.5 Å². The smallest absolute Gasteiger partial charge is 0.222 e. The molecule has 0 saturated carbocycles. The molecule has 0 aromatic carbocycles. The molecule has 0 unspecified atom stereocenters. The lowest BCUT2D eigenvalue weighted by molar-refractivity contribution is 0.556. The van der Waals surface area contributed by atoms with Crippen molar-refractivity contribution in [1.82, 2.24) is 24.3 Å². The van der Waals surface area contributed by atoms with Gasteiger partial charge in [-0.05, 0) is 20.8 Å². The minimum Gasteiger partial charge on any atom is -0.368 e. The van der Waals surface area contributed by atoms with Gasteiger partial charge in [-0.25, -0.2) is 4.98 Å². The molecule has 0 aliphatic carbocycles. The van der Waals surface area contributed by atoms with E-state index < -0.39 is 0 Å². The van der Waals surface area contributed by atoms with Crippen LogP contribution in [0, 0.1) is 6.92 Å². The lowest BCUT2D eigenvalue weighted by Gasteiger charge is -2.11. The first-order chi connectivity index (χ1) is 8.59. The van der Waals surface area contributed by atoms with Gasteiger partial charge in [0.2, 0.25) is 5.95 Å². The Hall–Kier alpha value is -1.50. The summed E-state index contributed by atoms with van der Waals surface area (Å²) in [4.78, 5) is 4.19. The van der Waals surface area contributed by atoms with Crippen LogP contribution in [0.15, 0.2) is 17.6 Å². The second-order valence-corrected chi connectivity index (χ2v) is 5.38. The average molecular weight is 266 g/mol. The molecule has 2 heterocycles. The van der Waals surface area contributed by atoms with Crippen LogP contribution in [-0.4, -0.2) is 30.1 Å². The molecule has 2 aromatic heterocycles. The molecule has 0 spiro atoms. The number of nitrogens with two attached hydrogens (primary N) is 1. The van der Waals surface area contributed by atoms with Crippen molar-refractivity contribution in [3.05, 3.63) is 18.2 Å². The molecule has 2 N–H and O–H groups in total. The van der Waals surface area contributed by atoms with E-state index in [1.807, 2.05) is 23.9 Å². The van der Waals surface area contributed by atoms with Crippen molar-refractivity contribution in [3.63, 3.8) is 0 Å². The maximum absolute atomic E-state index is 5.79. The highest BCUT2D eigenvalue weighted by Gasteiger charge is 2.12. The van der Waals surface area contributed by atoms with Crippen LogP contribution in [-0.2, 0) is 6.54 Å². The van der Waals surface area contributed by atoms with E-state index >= 15 is 0 Å². The third-order valence-corrected chi connectivity index (χ3v) is 3.62. The van der Waals surface area contributed by atoms with Crippen molar-refractivity contribution < 1.29 is 0 Å². The predicted octanol–water partition coefficient (Wildman–Crippen LogP) is 1.74. The number of hydrogen-bond donors (Lipinski definition) is 1. The first kappa shape index (κ1) is 12.9. The van der Waals surface area contributed by atoms with Gasteiger partial charge in [-0.2, -0.15) is 0 Å². The summed E-state index contributed by atoms with van der Waals surface area (Å²) in [6, 6.07) is 0.275. The molecule has 98 valence electrons. The second kappa shape index (κ2) is 5.43. The molecule has 2 rings (SSSR count). The SMILES string of the molecule is Cc1nccn1CCSc1nnc(N)n1C(C)C. The van der Waals surface area contributed by atoms with Gasteiger partial charge in [-0.15, -0.1) is 10.2 Å². The molecule has 0 radical (unpaired) electrons. The summed E-state index contributed by atoms with van der Waals surface area (Å²) in [5.74, 6) is 2.42. The standard InChI is InChI=1S/C11H18N6S/c1-8(2)17-10(12)14-15-11(17)18-7-6-16-5-4-13-9(16)3/h4-5,8H,6-7H2,1-3H3,(H2,12,14). The Morgan fingerprint density at radius 1 is 1.39 bits per heavy atom. The van der Waals surface area contributed by atoms with Crippen LogP contribution in [0.25, 0.3) is 0 Å². The normalized spacial score (nSPS) is 11.3. The van der Waals surface area contributed by atoms with Gasteiger partial charge in [0.25, 0.3) is 0 Å². The molecule has 2 aromatic rings. The van der Waals surface area contributed by atoms with Gasteiger partial charge in [0, 0.05) is 30.7 Å². The number of hydrogen-bond acceptors (Lipinski definition) is 5. The molecular weight excluding hydrogens is 248 g/mol. The number of thioether (sulfide) groups is 1. The van der Waals surface area contributed by atoms with E-state index in [4.69, 9.17) is 5.73 Å². The Labute approximate surface area is 111 Å². The molecule has 0 fully saturated rings. The second-order valence-electron chi connectivity index (χ2n) is 4.32. The minimum atomic E-state index is 0.275. The number of imidazole rings is 1. The van der Waals surface area contributed by atoms with E-state index in [-0.39, 0.29) is 6.04 Å². The van der Waals surface area contributed by atoms with Crippen molar-refractivity contribution in [2.24, 2.45) is 0 Å². The molecular formula is C11H18N6S. The van der Waals surface area contributed by atoms with E-state index in [0.717, 1.165) is 23.3 Å². The lowest BCUT2D eigenvalue weighted by atomic mass is 10.4. The minimum absolute atomic E-state index is 0.275. The third-order valence-electron chi connectivity index (χ3n) is 2.69. The highest BCUT2D eigenvalue weighted by molar-refractivity contribution is 7.99. The van der Waals surface area contributed by atoms with Gasteiger partial charge in [0.1, 0.15) is 5.82 Å². The summed E-state index contributed by atoms with van der Waals surface area (Å²) >= 11 is 1.66. The largest absolute Gasteiger partial charge is 0.368 e. The summed E-state index contributed by atoms with van der Waals surface area (Å²) in [7, 11) is 0. The number of nitrogens with zero attached hydrogens (tertiary/aromatic N) is 5. The van der Waals surface area contributed by atoms with Gasteiger partial charge in [0.15, 0.2) is 5.16 Å². The first-order valence-electron chi connectivity index (χ1n) is 5.90. The van der Waals surface area contributed by atoms with E-state index in [1.54, 1.807) is 11.8 Å². The molecule has 7 heteroatoms. The Morgan fingerprint density at radius 3 is 2.78 bits per heavy atom. The summed E-state index contributed by atoms with van der Waals surface area (Å²) in [6.07, 6.45) is 3.80. The topological polar surface area (TPSA) is 74.6 Å². The van der Waals surface area contributed by atoms with Crippen LogP contribution < -0.4 is 5.73 Å². The summed E-state index contributed by atoms with van der Waals surface area (Å²) in [5.41, 5.74) is 5.79. The molecule has 0 amide bonds. The highest BCUT2D eigenvalue weighted by Crippen LogP contribution is 2.22. The molecule has 0 saturated heterocycles. The van der Waals surface area contributed by atoms with Gasteiger partial charge < -0.3 is 10.3 Å². The number of aromatic nitrogens is 5. The van der Waals surface area contributed by atoms with Crippen LogP contribution in [0.4, 0.5) is 5.95 Å². The molecule has 18 heavy (non-hydrogen) atoms. The van der Waals surface area contributed by atoms with Crippen LogP contribution in [0.2, 0.25) is 0 Å². The number of aryl methyl sites for hydroxylation is 2. The van der Waals surface area contributed by atoms with Gasteiger partial charge in [0.05, 0.1) is 0 Å². The lowest BCUT2D eigenvalue weighted by Crippen LogP contribution is -2.08. The number of nitrogen functional groups attached to an aromatic ring is 1. The van der Waals surface area contributed by atoms with Crippen LogP contribution >= 0.6 is 11.8 Å². The van der Waals surface area contributed by atoms with Crippen LogP contribution in [0.1, 0.15) is 25.7 Å². The van der Waals surface area contributed by atoms with Gasteiger partial charge in [-0.3, -0.25) is 4.57 Å². The maximum atomic E-state index is 5.79. The monoisotopic (exact) mass is 266 g/mol. The fourth-order valence-electron chi connectivity index (χ4n) is 1.75. The Bertz CT molecular complexity index is 515. The predicted molar refractivity (Wildman–Crippen MR) is 72.5 cm³/mol. The fraction of sp³-hybridized carbons (Fsp3) is 0.545.